The minimum atomic E-state index is -0.349. The van der Waals surface area contributed by atoms with Crippen LogP contribution in [0.2, 0.25) is 0 Å². The van der Waals surface area contributed by atoms with E-state index in [1.165, 1.54) is 0 Å². The Morgan fingerprint density at radius 2 is 1.26 bits per heavy atom. The summed E-state index contributed by atoms with van der Waals surface area (Å²) in [7, 11) is 3.25. The highest BCUT2D eigenvalue weighted by Gasteiger charge is 2.30. The molecule has 3 aromatic rings. The van der Waals surface area contributed by atoms with E-state index in [0.717, 1.165) is 33.8 Å². The molecule has 0 bridgehead atoms. The summed E-state index contributed by atoms with van der Waals surface area (Å²) in [6.07, 6.45) is 0. The van der Waals surface area contributed by atoms with E-state index in [4.69, 9.17) is 14.2 Å². The molecule has 4 rings (SSSR count). The average Bonchev–Trinajstić information content (AvgIpc) is 3.05. The lowest BCUT2D eigenvalue weighted by atomic mass is 9.90. The van der Waals surface area contributed by atoms with Crippen molar-refractivity contribution in [1.82, 2.24) is 0 Å². The zero-order valence-corrected chi connectivity index (χ0v) is 15.1. The molecule has 27 heavy (non-hydrogen) atoms. The Balaban J connectivity index is 1.96. The predicted molar refractivity (Wildman–Crippen MR) is 104 cm³/mol. The first-order valence-corrected chi connectivity index (χ1v) is 8.56. The van der Waals surface area contributed by atoms with Crippen LogP contribution >= 0.6 is 0 Å². The van der Waals surface area contributed by atoms with Gasteiger partial charge in [-0.25, -0.2) is 4.79 Å². The van der Waals surface area contributed by atoms with Gasteiger partial charge >= 0.3 is 5.97 Å². The molecule has 0 aliphatic carbocycles. The average molecular weight is 358 g/mol. The number of fused-ring (bicyclic) bond motifs is 1. The fraction of sp³-hybridized carbons (Fsp3) is 0.0870. The van der Waals surface area contributed by atoms with E-state index < -0.39 is 0 Å². The van der Waals surface area contributed by atoms with Crippen LogP contribution in [-0.4, -0.2) is 20.2 Å². The van der Waals surface area contributed by atoms with Gasteiger partial charge in [0.05, 0.1) is 19.8 Å². The number of benzene rings is 3. The zero-order chi connectivity index (χ0) is 18.8. The summed E-state index contributed by atoms with van der Waals surface area (Å²) in [6.45, 7) is 0. The highest BCUT2D eigenvalue weighted by atomic mass is 16.5. The van der Waals surface area contributed by atoms with Crippen molar-refractivity contribution in [2.75, 3.05) is 14.2 Å². The van der Waals surface area contributed by atoms with Crippen molar-refractivity contribution in [3.63, 3.8) is 0 Å². The number of esters is 1. The van der Waals surface area contributed by atoms with Gasteiger partial charge in [0.15, 0.2) is 0 Å². The minimum absolute atomic E-state index is 0.349. The predicted octanol–water partition coefficient (Wildman–Crippen LogP) is 4.58. The third kappa shape index (κ3) is 3.06. The van der Waals surface area contributed by atoms with Gasteiger partial charge in [-0.1, -0.05) is 42.5 Å². The van der Waals surface area contributed by atoms with Crippen LogP contribution in [0.3, 0.4) is 0 Å². The first-order chi connectivity index (χ1) is 13.2. The van der Waals surface area contributed by atoms with Crippen LogP contribution in [-0.2, 0) is 4.79 Å². The van der Waals surface area contributed by atoms with Gasteiger partial charge < -0.3 is 14.2 Å². The van der Waals surface area contributed by atoms with Crippen LogP contribution in [0.15, 0.2) is 72.8 Å². The third-order valence-electron chi connectivity index (χ3n) is 4.57. The number of methoxy groups -OCH3 is 2. The molecule has 0 amide bonds. The number of ether oxygens (including phenoxy) is 3. The minimum Gasteiger partial charge on any atom is -0.497 e. The first kappa shape index (κ1) is 16.9. The molecule has 0 aromatic heterocycles. The van der Waals surface area contributed by atoms with Gasteiger partial charge in [0.25, 0.3) is 0 Å². The maximum absolute atomic E-state index is 12.7. The Morgan fingerprint density at radius 1 is 0.741 bits per heavy atom. The lowest BCUT2D eigenvalue weighted by molar-refractivity contribution is -0.126. The Morgan fingerprint density at radius 3 is 1.78 bits per heavy atom. The molecular formula is C23H18O4. The Labute approximate surface area is 157 Å². The molecule has 3 aromatic carbocycles. The van der Waals surface area contributed by atoms with Crippen LogP contribution in [0.4, 0.5) is 0 Å². The van der Waals surface area contributed by atoms with E-state index in [-0.39, 0.29) is 5.97 Å². The summed E-state index contributed by atoms with van der Waals surface area (Å²) in [5.41, 5.74) is 3.98. The van der Waals surface area contributed by atoms with E-state index in [0.29, 0.717) is 11.3 Å². The van der Waals surface area contributed by atoms with Crippen LogP contribution in [0.25, 0.3) is 11.1 Å². The molecule has 4 nitrogen and oxygen atoms in total. The number of carbonyl (C=O) groups excluding carboxylic acids is 1. The SMILES string of the molecule is COc1ccc(C(=C2C(=O)Oc3ccccc32)c2ccc(OC)cc2)cc1. The van der Waals surface area contributed by atoms with E-state index >= 15 is 0 Å². The molecule has 0 N–H and O–H groups in total. The molecule has 0 unspecified atom stereocenters. The molecular weight excluding hydrogens is 340 g/mol. The Bertz CT molecular complexity index is 966. The summed E-state index contributed by atoms with van der Waals surface area (Å²) in [5.74, 6) is 1.74. The zero-order valence-electron chi connectivity index (χ0n) is 15.1. The molecule has 0 atom stereocenters. The van der Waals surface area contributed by atoms with Gasteiger partial charge in [-0.2, -0.15) is 0 Å². The van der Waals surface area contributed by atoms with Gasteiger partial charge in [-0.3, -0.25) is 0 Å². The number of para-hydroxylation sites is 1. The van der Waals surface area contributed by atoms with Crippen molar-refractivity contribution in [2.45, 2.75) is 0 Å². The van der Waals surface area contributed by atoms with Crippen molar-refractivity contribution in [2.24, 2.45) is 0 Å². The summed E-state index contributed by atoms with van der Waals surface area (Å²) in [6, 6.07) is 22.8. The van der Waals surface area contributed by atoms with Crippen LogP contribution in [0, 0.1) is 0 Å². The molecule has 0 fully saturated rings. The van der Waals surface area contributed by atoms with Crippen LogP contribution < -0.4 is 14.2 Å². The normalized spacial score (nSPS) is 12.4. The summed E-state index contributed by atoms with van der Waals surface area (Å²) in [5, 5.41) is 0. The molecule has 1 heterocycles. The smallest absolute Gasteiger partial charge is 0.344 e. The van der Waals surface area contributed by atoms with Gasteiger partial charge in [0.1, 0.15) is 17.2 Å². The lowest BCUT2D eigenvalue weighted by Crippen LogP contribution is -2.04. The molecule has 0 saturated carbocycles. The van der Waals surface area contributed by atoms with E-state index in [1.54, 1.807) is 20.3 Å². The van der Waals surface area contributed by atoms with Crippen molar-refractivity contribution < 1.29 is 19.0 Å². The number of hydrogen-bond acceptors (Lipinski definition) is 4. The molecule has 134 valence electrons. The maximum Gasteiger partial charge on any atom is 0.344 e. The Hall–Kier alpha value is -3.53. The van der Waals surface area contributed by atoms with Crippen LogP contribution in [0.1, 0.15) is 16.7 Å². The number of carbonyl (C=O) groups is 1. The monoisotopic (exact) mass is 358 g/mol. The summed E-state index contributed by atoms with van der Waals surface area (Å²) >= 11 is 0. The van der Waals surface area contributed by atoms with Gasteiger partial charge in [-0.05, 0) is 41.5 Å². The second kappa shape index (κ2) is 7.00. The topological polar surface area (TPSA) is 44.8 Å². The fourth-order valence-corrected chi connectivity index (χ4v) is 3.23. The van der Waals surface area contributed by atoms with E-state index in [9.17, 15) is 4.79 Å². The quantitative estimate of drug-likeness (QED) is 0.389. The van der Waals surface area contributed by atoms with Crippen LogP contribution in [0.5, 0.6) is 17.2 Å². The highest BCUT2D eigenvalue weighted by Crippen LogP contribution is 2.41. The molecule has 0 spiro atoms. The second-order valence-electron chi connectivity index (χ2n) is 6.09. The molecule has 0 radical (unpaired) electrons. The molecule has 1 aliphatic rings. The van der Waals surface area contributed by atoms with Gasteiger partial charge in [0, 0.05) is 11.1 Å². The van der Waals surface area contributed by atoms with Crippen molar-refractivity contribution in [1.29, 1.82) is 0 Å². The number of hydrogen-bond donors (Lipinski definition) is 0. The fourth-order valence-electron chi connectivity index (χ4n) is 3.23. The highest BCUT2D eigenvalue weighted by molar-refractivity contribution is 6.30. The maximum atomic E-state index is 12.7. The summed E-state index contributed by atoms with van der Waals surface area (Å²) < 4.78 is 16.0. The Kier molecular flexibility index (Phi) is 4.38. The van der Waals surface area contributed by atoms with Crippen molar-refractivity contribution >= 4 is 17.1 Å². The van der Waals surface area contributed by atoms with Crippen molar-refractivity contribution in [3.05, 3.63) is 89.5 Å². The third-order valence-corrected chi connectivity index (χ3v) is 4.57. The van der Waals surface area contributed by atoms with Gasteiger partial charge in [-0.15, -0.1) is 0 Å². The molecule has 0 saturated heterocycles. The second-order valence-corrected chi connectivity index (χ2v) is 6.09. The van der Waals surface area contributed by atoms with Crippen molar-refractivity contribution in [3.8, 4) is 17.2 Å². The van der Waals surface area contributed by atoms with E-state index in [1.807, 2.05) is 66.7 Å². The summed E-state index contributed by atoms with van der Waals surface area (Å²) in [4.78, 5) is 12.7. The first-order valence-electron chi connectivity index (χ1n) is 8.56. The van der Waals surface area contributed by atoms with E-state index in [2.05, 4.69) is 0 Å². The van der Waals surface area contributed by atoms with Gasteiger partial charge in [0.2, 0.25) is 0 Å². The lowest BCUT2D eigenvalue weighted by Gasteiger charge is -2.13. The molecule has 4 heteroatoms. The molecule has 1 aliphatic heterocycles. The number of rotatable bonds is 4. The largest absolute Gasteiger partial charge is 0.497 e. The standard InChI is InChI=1S/C23H18O4/c1-25-17-11-7-15(8-12-17)21(16-9-13-18(26-2)14-10-16)22-19-5-3-4-6-20(19)27-23(22)24/h3-14H,1-2H3.